The number of hydrogen-bond acceptors (Lipinski definition) is 3. The van der Waals surface area contributed by atoms with E-state index in [-0.39, 0.29) is 18.0 Å². The number of urea groups is 1. The van der Waals surface area contributed by atoms with Gasteiger partial charge in [0.2, 0.25) is 5.91 Å². The van der Waals surface area contributed by atoms with E-state index in [2.05, 4.69) is 37.5 Å². The number of rotatable bonds is 6. The van der Waals surface area contributed by atoms with Crippen LogP contribution >= 0.6 is 0 Å². The normalized spacial score (nSPS) is 21.9. The number of amides is 3. The van der Waals surface area contributed by atoms with Gasteiger partial charge in [0.05, 0.1) is 5.56 Å². The first kappa shape index (κ1) is 25.7. The highest BCUT2D eigenvalue weighted by molar-refractivity contribution is 5.94. The lowest BCUT2D eigenvalue weighted by atomic mass is 9.81. The summed E-state index contributed by atoms with van der Waals surface area (Å²) < 4.78 is 0. The number of carboxylic acids is 1. The molecule has 1 aliphatic carbocycles. The number of carbonyl (C=O) groups is 3. The van der Waals surface area contributed by atoms with E-state index in [1.54, 1.807) is 17.0 Å². The Morgan fingerprint density at radius 1 is 0.972 bits per heavy atom. The lowest BCUT2D eigenvalue weighted by Gasteiger charge is -2.31. The molecule has 7 heteroatoms. The molecule has 2 aliphatic rings. The number of hydrogen-bond donors (Lipinski definition) is 3. The van der Waals surface area contributed by atoms with E-state index in [1.165, 1.54) is 5.56 Å². The van der Waals surface area contributed by atoms with Gasteiger partial charge in [0.25, 0.3) is 0 Å². The number of nitrogens with one attached hydrogen (secondary N) is 2. The molecule has 0 unspecified atom stereocenters. The fraction of sp³-hybridized carbons (Fsp3) is 0.483. The zero-order chi connectivity index (χ0) is 25.8. The van der Waals surface area contributed by atoms with Crippen LogP contribution in [0.3, 0.4) is 0 Å². The van der Waals surface area contributed by atoms with Crippen molar-refractivity contribution in [3.05, 3.63) is 64.7 Å². The van der Waals surface area contributed by atoms with Crippen molar-refractivity contribution in [3.8, 4) is 0 Å². The van der Waals surface area contributed by atoms with Crippen molar-refractivity contribution in [1.29, 1.82) is 0 Å². The van der Waals surface area contributed by atoms with Crippen LogP contribution in [0.25, 0.3) is 0 Å². The van der Waals surface area contributed by atoms with Crippen LogP contribution in [-0.2, 0) is 4.79 Å². The number of carboxylic acid groups (broad SMARTS) is 1. The molecule has 2 aromatic rings. The standard InChI is InChI=1S/C29H37N3O4/c1-18(2)25-15-14-24(17-19(25)3)31-29(36)32-16-4-5-26(32)27(33)30-23-12-10-21(11-13-23)20-6-8-22(9-7-20)28(34)35/h6-9,14-15,17-18,21,23,26H,4-5,10-13,16H2,1-3H3,(H,30,33)(H,31,36)(H,34,35)/t21?,23?,26-/m1/s1. The minimum absolute atomic E-state index is 0.0664. The summed E-state index contributed by atoms with van der Waals surface area (Å²) in [5.41, 5.74) is 4.61. The second-order valence-electron chi connectivity index (χ2n) is 10.5. The SMILES string of the molecule is Cc1cc(NC(=O)N2CCC[C@@H]2C(=O)NC2CCC(c3ccc(C(=O)O)cc3)CC2)ccc1C(C)C. The van der Waals surface area contributed by atoms with Crippen LogP contribution in [0.4, 0.5) is 10.5 Å². The molecule has 4 rings (SSSR count). The number of nitrogens with zero attached hydrogens (tertiary/aromatic N) is 1. The quantitative estimate of drug-likeness (QED) is 0.486. The van der Waals surface area contributed by atoms with Crippen molar-refractivity contribution in [1.82, 2.24) is 10.2 Å². The number of aromatic carboxylic acids is 1. The molecule has 7 nitrogen and oxygen atoms in total. The second-order valence-corrected chi connectivity index (χ2v) is 10.5. The van der Waals surface area contributed by atoms with Crippen molar-refractivity contribution in [2.24, 2.45) is 0 Å². The van der Waals surface area contributed by atoms with Gasteiger partial charge in [-0.05, 0) is 98.2 Å². The van der Waals surface area contributed by atoms with Crippen molar-refractivity contribution in [3.63, 3.8) is 0 Å². The average molecular weight is 492 g/mol. The van der Waals surface area contributed by atoms with Crippen LogP contribution < -0.4 is 10.6 Å². The summed E-state index contributed by atoms with van der Waals surface area (Å²) in [6.45, 7) is 6.93. The number of benzene rings is 2. The monoisotopic (exact) mass is 491 g/mol. The largest absolute Gasteiger partial charge is 0.478 e. The first-order chi connectivity index (χ1) is 17.2. The summed E-state index contributed by atoms with van der Waals surface area (Å²) >= 11 is 0. The van der Waals surface area contributed by atoms with E-state index in [9.17, 15) is 14.4 Å². The molecule has 1 heterocycles. The number of aryl methyl sites for hydroxylation is 1. The molecule has 192 valence electrons. The molecule has 2 fully saturated rings. The van der Waals surface area contributed by atoms with Gasteiger partial charge < -0.3 is 20.6 Å². The van der Waals surface area contributed by atoms with Gasteiger partial charge in [-0.1, -0.05) is 32.0 Å². The highest BCUT2D eigenvalue weighted by atomic mass is 16.4. The van der Waals surface area contributed by atoms with Crippen LogP contribution in [0.1, 0.15) is 91.3 Å². The highest BCUT2D eigenvalue weighted by Gasteiger charge is 2.35. The Kier molecular flexibility index (Phi) is 7.97. The molecule has 1 aliphatic heterocycles. The van der Waals surface area contributed by atoms with E-state index >= 15 is 0 Å². The molecule has 0 aromatic heterocycles. The predicted octanol–water partition coefficient (Wildman–Crippen LogP) is 5.66. The molecule has 2 aromatic carbocycles. The average Bonchev–Trinajstić information content (AvgIpc) is 3.35. The van der Waals surface area contributed by atoms with E-state index < -0.39 is 12.0 Å². The highest BCUT2D eigenvalue weighted by Crippen LogP contribution is 2.33. The third-order valence-corrected chi connectivity index (χ3v) is 7.66. The van der Waals surface area contributed by atoms with Gasteiger partial charge >= 0.3 is 12.0 Å². The minimum atomic E-state index is -0.915. The summed E-state index contributed by atoms with van der Waals surface area (Å²) in [5, 5.41) is 15.3. The van der Waals surface area contributed by atoms with Gasteiger partial charge in [0.15, 0.2) is 0 Å². The number of likely N-dealkylation sites (tertiary alicyclic amines) is 1. The Balaban J connectivity index is 1.29. The Morgan fingerprint density at radius 3 is 2.28 bits per heavy atom. The Morgan fingerprint density at radius 2 is 1.67 bits per heavy atom. The zero-order valence-electron chi connectivity index (χ0n) is 21.4. The predicted molar refractivity (Wildman–Crippen MR) is 141 cm³/mol. The summed E-state index contributed by atoms with van der Waals surface area (Å²) in [5.74, 6) is -0.181. The lowest BCUT2D eigenvalue weighted by molar-refractivity contribution is -0.125. The fourth-order valence-corrected chi connectivity index (χ4v) is 5.65. The number of anilines is 1. The van der Waals surface area contributed by atoms with E-state index in [0.717, 1.165) is 48.9 Å². The van der Waals surface area contributed by atoms with Crippen molar-refractivity contribution >= 4 is 23.6 Å². The van der Waals surface area contributed by atoms with Gasteiger partial charge in [-0.3, -0.25) is 4.79 Å². The molecule has 3 amide bonds. The topological polar surface area (TPSA) is 98.7 Å². The molecular formula is C29H37N3O4. The van der Waals surface area contributed by atoms with Crippen LogP contribution in [0.5, 0.6) is 0 Å². The minimum Gasteiger partial charge on any atom is -0.478 e. The molecule has 0 spiro atoms. The summed E-state index contributed by atoms with van der Waals surface area (Å²) in [4.78, 5) is 38.9. The third-order valence-electron chi connectivity index (χ3n) is 7.66. The molecule has 1 atom stereocenters. The van der Waals surface area contributed by atoms with E-state index in [1.807, 2.05) is 24.3 Å². The first-order valence-corrected chi connectivity index (χ1v) is 13.0. The fourth-order valence-electron chi connectivity index (χ4n) is 5.65. The van der Waals surface area contributed by atoms with E-state index in [4.69, 9.17) is 5.11 Å². The zero-order valence-corrected chi connectivity index (χ0v) is 21.4. The maximum absolute atomic E-state index is 13.1. The molecule has 1 saturated heterocycles. The summed E-state index contributed by atoms with van der Waals surface area (Å²) in [7, 11) is 0. The maximum Gasteiger partial charge on any atom is 0.335 e. The van der Waals surface area contributed by atoms with Gasteiger partial charge in [0.1, 0.15) is 6.04 Å². The Bertz CT molecular complexity index is 1100. The maximum atomic E-state index is 13.1. The smallest absolute Gasteiger partial charge is 0.335 e. The lowest BCUT2D eigenvalue weighted by Crippen LogP contribution is -2.50. The molecule has 0 radical (unpaired) electrons. The van der Waals surface area contributed by atoms with Crippen LogP contribution in [0.2, 0.25) is 0 Å². The van der Waals surface area contributed by atoms with Crippen molar-refractivity contribution < 1.29 is 19.5 Å². The van der Waals surface area contributed by atoms with Crippen LogP contribution in [-0.4, -0.2) is 46.5 Å². The van der Waals surface area contributed by atoms with Crippen molar-refractivity contribution in [2.75, 3.05) is 11.9 Å². The summed E-state index contributed by atoms with van der Waals surface area (Å²) in [6.07, 6.45) is 5.12. The van der Waals surface area contributed by atoms with E-state index in [0.29, 0.717) is 30.4 Å². The first-order valence-electron chi connectivity index (χ1n) is 13.0. The molecule has 36 heavy (non-hydrogen) atoms. The number of carbonyl (C=O) groups excluding carboxylic acids is 2. The molecule has 3 N–H and O–H groups in total. The van der Waals surface area contributed by atoms with Crippen LogP contribution in [0.15, 0.2) is 42.5 Å². The second kappa shape index (κ2) is 11.1. The molecule has 0 bridgehead atoms. The van der Waals surface area contributed by atoms with Gasteiger partial charge in [-0.25, -0.2) is 9.59 Å². The third kappa shape index (κ3) is 5.89. The van der Waals surface area contributed by atoms with Crippen LogP contribution in [0, 0.1) is 6.92 Å². The Hall–Kier alpha value is -3.35. The molecule has 1 saturated carbocycles. The summed E-state index contributed by atoms with van der Waals surface area (Å²) in [6, 6.07) is 12.5. The van der Waals surface area contributed by atoms with Gasteiger partial charge in [-0.15, -0.1) is 0 Å². The molecular weight excluding hydrogens is 454 g/mol. The van der Waals surface area contributed by atoms with Crippen molar-refractivity contribution in [2.45, 2.75) is 83.2 Å². The Labute approximate surface area is 213 Å². The van der Waals surface area contributed by atoms with Gasteiger partial charge in [0, 0.05) is 18.3 Å². The van der Waals surface area contributed by atoms with Gasteiger partial charge in [-0.2, -0.15) is 0 Å².